The van der Waals surface area contributed by atoms with E-state index in [1.807, 2.05) is 13.8 Å². The van der Waals surface area contributed by atoms with Gasteiger partial charge < -0.3 is 10.5 Å². The summed E-state index contributed by atoms with van der Waals surface area (Å²) in [6.45, 7) is 4.27. The number of ether oxygens (including phenoxy) is 1. The van der Waals surface area contributed by atoms with E-state index < -0.39 is 0 Å². The second-order valence-electron chi connectivity index (χ2n) is 2.78. The lowest BCUT2D eigenvalue weighted by molar-refractivity contribution is 0.341. The molecule has 0 spiro atoms. The fourth-order valence-corrected chi connectivity index (χ4v) is 1.19. The second kappa shape index (κ2) is 3.81. The minimum Gasteiger partial charge on any atom is -0.490 e. The molecule has 0 atom stereocenters. The zero-order valence-electron chi connectivity index (χ0n) is 7.79. The molecule has 0 amide bonds. The molecule has 0 aliphatic heterocycles. The third-order valence-corrected chi connectivity index (χ3v) is 1.67. The number of benzene rings is 1. The molecule has 1 rings (SSSR count). The van der Waals surface area contributed by atoms with Gasteiger partial charge in [0.15, 0.2) is 5.75 Å². The summed E-state index contributed by atoms with van der Waals surface area (Å²) in [5.74, 6) is 0.496. The van der Waals surface area contributed by atoms with Gasteiger partial charge in [-0.1, -0.05) is 0 Å². The van der Waals surface area contributed by atoms with E-state index in [0.29, 0.717) is 23.6 Å². The first-order valence-electron chi connectivity index (χ1n) is 4.12. The van der Waals surface area contributed by atoms with Crippen molar-refractivity contribution in [1.29, 1.82) is 5.26 Å². The zero-order chi connectivity index (χ0) is 9.84. The molecule has 68 valence electrons. The Bertz CT molecular complexity index is 353. The first-order chi connectivity index (χ1) is 6.19. The number of hydrogen-bond donors (Lipinski definition) is 1. The Kier molecular flexibility index (Phi) is 2.76. The molecule has 0 unspecified atom stereocenters. The van der Waals surface area contributed by atoms with Crippen LogP contribution in [0.4, 0.5) is 5.69 Å². The molecule has 1 aromatic carbocycles. The molecule has 3 nitrogen and oxygen atoms in total. The monoisotopic (exact) mass is 176 g/mol. The summed E-state index contributed by atoms with van der Waals surface area (Å²) >= 11 is 0. The van der Waals surface area contributed by atoms with Crippen LogP contribution in [-0.2, 0) is 0 Å². The summed E-state index contributed by atoms with van der Waals surface area (Å²) in [6.07, 6.45) is 0. The highest BCUT2D eigenvalue weighted by atomic mass is 16.5. The Hall–Kier alpha value is -1.69. The second-order valence-corrected chi connectivity index (χ2v) is 2.78. The first kappa shape index (κ1) is 9.40. The van der Waals surface area contributed by atoms with E-state index in [1.165, 1.54) is 0 Å². The highest BCUT2D eigenvalue weighted by Gasteiger charge is 2.07. The van der Waals surface area contributed by atoms with Gasteiger partial charge >= 0.3 is 0 Å². The molecule has 0 saturated heterocycles. The number of nitrogen functional groups attached to an aromatic ring is 1. The van der Waals surface area contributed by atoms with Gasteiger partial charge in [0.2, 0.25) is 0 Å². The van der Waals surface area contributed by atoms with Crippen molar-refractivity contribution in [3.8, 4) is 11.8 Å². The number of nitrogens with two attached hydrogens (primary N) is 1. The smallest absolute Gasteiger partial charge is 0.159 e. The Morgan fingerprint density at radius 2 is 2.23 bits per heavy atom. The van der Waals surface area contributed by atoms with Crippen LogP contribution in [0, 0.1) is 18.3 Å². The van der Waals surface area contributed by atoms with Crippen molar-refractivity contribution in [2.45, 2.75) is 13.8 Å². The van der Waals surface area contributed by atoms with Crippen LogP contribution in [0.15, 0.2) is 12.1 Å². The molecule has 1 aromatic rings. The molecule has 0 bridgehead atoms. The molecule has 0 fully saturated rings. The van der Waals surface area contributed by atoms with Crippen LogP contribution in [0.2, 0.25) is 0 Å². The van der Waals surface area contributed by atoms with Gasteiger partial charge in [0.1, 0.15) is 6.07 Å². The average Bonchev–Trinajstić information content (AvgIpc) is 2.09. The maximum atomic E-state index is 8.81. The molecule has 0 saturated carbocycles. The SMILES string of the molecule is CCOc1c(N)cc(C)cc1C#N. The van der Waals surface area contributed by atoms with Gasteiger partial charge in [-0.2, -0.15) is 5.26 Å². The largest absolute Gasteiger partial charge is 0.490 e. The standard InChI is InChI=1S/C10H12N2O/c1-3-13-10-8(6-11)4-7(2)5-9(10)12/h4-5H,3,12H2,1-2H3. The molecule has 0 aromatic heterocycles. The fourth-order valence-electron chi connectivity index (χ4n) is 1.19. The minimum absolute atomic E-state index is 0.496. The van der Waals surface area contributed by atoms with E-state index in [4.69, 9.17) is 15.7 Å². The summed E-state index contributed by atoms with van der Waals surface area (Å²) in [4.78, 5) is 0. The summed E-state index contributed by atoms with van der Waals surface area (Å²) in [5.41, 5.74) is 7.70. The molecular formula is C10H12N2O. The van der Waals surface area contributed by atoms with Crippen molar-refractivity contribution < 1.29 is 4.74 Å². The van der Waals surface area contributed by atoms with E-state index in [2.05, 4.69) is 6.07 Å². The minimum atomic E-state index is 0.496. The molecule has 0 aliphatic rings. The molecule has 2 N–H and O–H groups in total. The maximum absolute atomic E-state index is 8.81. The Labute approximate surface area is 77.7 Å². The predicted octanol–water partition coefficient (Wildman–Crippen LogP) is 1.85. The van der Waals surface area contributed by atoms with E-state index in [1.54, 1.807) is 12.1 Å². The zero-order valence-corrected chi connectivity index (χ0v) is 7.79. The van der Waals surface area contributed by atoms with Gasteiger partial charge in [0.25, 0.3) is 0 Å². The lowest BCUT2D eigenvalue weighted by atomic mass is 10.1. The topological polar surface area (TPSA) is 59.0 Å². The summed E-state index contributed by atoms with van der Waals surface area (Å²) in [7, 11) is 0. The van der Waals surface area contributed by atoms with Gasteiger partial charge in [0.05, 0.1) is 17.9 Å². The van der Waals surface area contributed by atoms with Gasteiger partial charge in [0, 0.05) is 0 Å². The van der Waals surface area contributed by atoms with Crippen LogP contribution in [0.3, 0.4) is 0 Å². The fraction of sp³-hybridized carbons (Fsp3) is 0.300. The van der Waals surface area contributed by atoms with Gasteiger partial charge in [-0.15, -0.1) is 0 Å². The molecule has 13 heavy (non-hydrogen) atoms. The average molecular weight is 176 g/mol. The van der Waals surface area contributed by atoms with Crippen LogP contribution in [0.25, 0.3) is 0 Å². The van der Waals surface area contributed by atoms with E-state index in [-0.39, 0.29) is 0 Å². The lowest BCUT2D eigenvalue weighted by Crippen LogP contribution is -2.00. The summed E-state index contributed by atoms with van der Waals surface area (Å²) < 4.78 is 5.27. The van der Waals surface area contributed by atoms with Crippen molar-refractivity contribution in [3.63, 3.8) is 0 Å². The quantitative estimate of drug-likeness (QED) is 0.699. The van der Waals surface area contributed by atoms with Crippen molar-refractivity contribution >= 4 is 5.69 Å². The number of hydrogen-bond acceptors (Lipinski definition) is 3. The van der Waals surface area contributed by atoms with Gasteiger partial charge in [-0.05, 0) is 31.5 Å². The number of rotatable bonds is 2. The van der Waals surface area contributed by atoms with Gasteiger partial charge in [-0.3, -0.25) is 0 Å². The van der Waals surface area contributed by atoms with Crippen molar-refractivity contribution in [2.75, 3.05) is 12.3 Å². The van der Waals surface area contributed by atoms with Crippen LogP contribution in [0.1, 0.15) is 18.1 Å². The van der Waals surface area contributed by atoms with Crippen molar-refractivity contribution in [3.05, 3.63) is 23.3 Å². The normalized spacial score (nSPS) is 9.31. The highest BCUT2D eigenvalue weighted by molar-refractivity contribution is 5.62. The van der Waals surface area contributed by atoms with Crippen LogP contribution in [0.5, 0.6) is 5.75 Å². The number of nitrogens with zero attached hydrogens (tertiary/aromatic N) is 1. The number of nitriles is 1. The predicted molar refractivity (Wildman–Crippen MR) is 51.5 cm³/mol. The third kappa shape index (κ3) is 1.91. The van der Waals surface area contributed by atoms with E-state index in [0.717, 1.165) is 5.56 Å². The Morgan fingerprint density at radius 1 is 1.54 bits per heavy atom. The lowest BCUT2D eigenvalue weighted by Gasteiger charge is -2.09. The molecule has 0 aliphatic carbocycles. The number of anilines is 1. The molecule has 0 radical (unpaired) electrons. The van der Waals surface area contributed by atoms with Crippen LogP contribution in [-0.4, -0.2) is 6.61 Å². The molecule has 0 heterocycles. The van der Waals surface area contributed by atoms with Crippen LogP contribution < -0.4 is 10.5 Å². The molecular weight excluding hydrogens is 164 g/mol. The maximum Gasteiger partial charge on any atom is 0.159 e. The van der Waals surface area contributed by atoms with E-state index >= 15 is 0 Å². The summed E-state index contributed by atoms with van der Waals surface area (Å²) in [5, 5.41) is 8.81. The Balaban J connectivity index is 3.23. The van der Waals surface area contributed by atoms with Gasteiger partial charge in [-0.25, -0.2) is 0 Å². The Morgan fingerprint density at radius 3 is 2.77 bits per heavy atom. The van der Waals surface area contributed by atoms with Crippen molar-refractivity contribution in [1.82, 2.24) is 0 Å². The molecule has 3 heteroatoms. The van der Waals surface area contributed by atoms with Crippen molar-refractivity contribution in [2.24, 2.45) is 0 Å². The summed E-state index contributed by atoms with van der Waals surface area (Å²) in [6, 6.07) is 5.62. The van der Waals surface area contributed by atoms with E-state index in [9.17, 15) is 0 Å². The first-order valence-corrected chi connectivity index (χ1v) is 4.12. The van der Waals surface area contributed by atoms with Crippen LogP contribution >= 0.6 is 0 Å². The highest BCUT2D eigenvalue weighted by Crippen LogP contribution is 2.27. The number of aryl methyl sites for hydroxylation is 1. The third-order valence-electron chi connectivity index (χ3n) is 1.67.